The molecule has 0 atom stereocenters. The Labute approximate surface area is 135 Å². The SMILES string of the molecule is CCCCc1nnc(NC(=O)c2nc(SC)ncc2Cl)s1. The van der Waals surface area contributed by atoms with Crippen molar-refractivity contribution >= 4 is 45.7 Å². The highest BCUT2D eigenvalue weighted by atomic mass is 35.5. The zero-order valence-electron chi connectivity index (χ0n) is 11.6. The number of carbonyl (C=O) groups excluding carboxylic acids is 1. The molecule has 0 saturated carbocycles. The lowest BCUT2D eigenvalue weighted by Gasteiger charge is -2.03. The van der Waals surface area contributed by atoms with E-state index in [0.29, 0.717) is 10.3 Å². The van der Waals surface area contributed by atoms with Gasteiger partial charge in [0.2, 0.25) is 5.13 Å². The van der Waals surface area contributed by atoms with Crippen molar-refractivity contribution < 1.29 is 4.79 Å². The highest BCUT2D eigenvalue weighted by molar-refractivity contribution is 7.98. The van der Waals surface area contributed by atoms with Crippen LogP contribution in [0.3, 0.4) is 0 Å². The average molecular weight is 344 g/mol. The normalized spacial score (nSPS) is 10.6. The van der Waals surface area contributed by atoms with Gasteiger partial charge in [-0.2, -0.15) is 0 Å². The maximum absolute atomic E-state index is 12.2. The molecule has 21 heavy (non-hydrogen) atoms. The summed E-state index contributed by atoms with van der Waals surface area (Å²) in [7, 11) is 0. The maximum Gasteiger partial charge on any atom is 0.277 e. The molecule has 1 N–H and O–H groups in total. The van der Waals surface area contributed by atoms with Gasteiger partial charge in [-0.15, -0.1) is 10.2 Å². The number of carbonyl (C=O) groups is 1. The number of hydrogen-bond donors (Lipinski definition) is 1. The molecule has 0 aliphatic rings. The zero-order valence-corrected chi connectivity index (χ0v) is 14.0. The number of nitrogens with one attached hydrogen (secondary N) is 1. The van der Waals surface area contributed by atoms with Crippen molar-refractivity contribution in [3.63, 3.8) is 0 Å². The molecule has 1 amide bonds. The van der Waals surface area contributed by atoms with Gasteiger partial charge in [-0.1, -0.05) is 48.0 Å². The van der Waals surface area contributed by atoms with Gasteiger partial charge in [0.15, 0.2) is 10.9 Å². The van der Waals surface area contributed by atoms with Gasteiger partial charge in [0.05, 0.1) is 11.2 Å². The van der Waals surface area contributed by atoms with Crippen LogP contribution in [-0.2, 0) is 6.42 Å². The summed E-state index contributed by atoms with van der Waals surface area (Å²) in [6, 6.07) is 0. The number of anilines is 1. The highest BCUT2D eigenvalue weighted by Gasteiger charge is 2.16. The average Bonchev–Trinajstić information content (AvgIpc) is 2.93. The van der Waals surface area contributed by atoms with Crippen molar-refractivity contribution in [3.05, 3.63) is 21.9 Å². The van der Waals surface area contributed by atoms with E-state index in [0.717, 1.165) is 24.3 Å². The molecular weight excluding hydrogens is 330 g/mol. The third-order valence-corrected chi connectivity index (χ3v) is 4.29. The Hall–Kier alpha value is -1.25. The van der Waals surface area contributed by atoms with Crippen molar-refractivity contribution in [1.29, 1.82) is 0 Å². The lowest BCUT2D eigenvalue weighted by atomic mass is 10.3. The van der Waals surface area contributed by atoms with E-state index in [2.05, 4.69) is 32.4 Å². The quantitative estimate of drug-likeness (QED) is 0.640. The summed E-state index contributed by atoms with van der Waals surface area (Å²) in [5.74, 6) is -0.407. The Morgan fingerprint density at radius 1 is 1.48 bits per heavy atom. The van der Waals surface area contributed by atoms with Crippen LogP contribution >= 0.6 is 34.7 Å². The molecule has 2 aromatic rings. The molecule has 0 aromatic carbocycles. The van der Waals surface area contributed by atoms with Gasteiger partial charge in [0.25, 0.3) is 5.91 Å². The van der Waals surface area contributed by atoms with Crippen molar-refractivity contribution in [2.24, 2.45) is 0 Å². The Morgan fingerprint density at radius 2 is 2.29 bits per heavy atom. The Balaban J connectivity index is 2.09. The second-order valence-corrected chi connectivity index (χ2v) is 6.35. The molecule has 0 spiro atoms. The fourth-order valence-electron chi connectivity index (χ4n) is 1.50. The van der Waals surface area contributed by atoms with Crippen LogP contribution in [0.5, 0.6) is 0 Å². The molecule has 2 aromatic heterocycles. The molecule has 0 saturated heterocycles. The second kappa shape index (κ2) is 7.67. The summed E-state index contributed by atoms with van der Waals surface area (Å²) in [6.45, 7) is 2.12. The number of amides is 1. The van der Waals surface area contributed by atoms with Gasteiger partial charge >= 0.3 is 0 Å². The van der Waals surface area contributed by atoms with Crippen molar-refractivity contribution in [2.45, 2.75) is 31.3 Å². The van der Waals surface area contributed by atoms with Crippen LogP contribution in [-0.4, -0.2) is 32.3 Å². The molecule has 0 aliphatic carbocycles. The van der Waals surface area contributed by atoms with Crippen LogP contribution < -0.4 is 5.32 Å². The first-order valence-electron chi connectivity index (χ1n) is 6.34. The van der Waals surface area contributed by atoms with Crippen LogP contribution in [0.1, 0.15) is 35.3 Å². The van der Waals surface area contributed by atoms with Crippen molar-refractivity contribution in [3.8, 4) is 0 Å². The molecule has 0 aliphatic heterocycles. The number of nitrogens with zero attached hydrogens (tertiary/aromatic N) is 4. The number of unbranched alkanes of at least 4 members (excludes halogenated alkanes) is 1. The summed E-state index contributed by atoms with van der Waals surface area (Å²) in [5.41, 5.74) is 0.140. The van der Waals surface area contributed by atoms with Crippen LogP contribution in [0, 0.1) is 0 Å². The molecular formula is C12H14ClN5OS2. The standard InChI is InChI=1S/C12H14ClN5OS2/c1-3-4-5-8-17-18-12(21-8)16-10(19)9-7(13)6-14-11(15-9)20-2/h6H,3-5H2,1-2H3,(H,16,18,19). The molecule has 0 unspecified atom stereocenters. The summed E-state index contributed by atoms with van der Waals surface area (Å²) < 4.78 is 0. The first-order valence-corrected chi connectivity index (χ1v) is 8.76. The fraction of sp³-hybridized carbons (Fsp3) is 0.417. The van der Waals surface area contributed by atoms with Gasteiger partial charge < -0.3 is 0 Å². The topological polar surface area (TPSA) is 80.7 Å². The van der Waals surface area contributed by atoms with Crippen molar-refractivity contribution in [2.75, 3.05) is 11.6 Å². The molecule has 2 heterocycles. The largest absolute Gasteiger partial charge is 0.295 e. The fourth-order valence-corrected chi connectivity index (χ4v) is 2.79. The van der Waals surface area contributed by atoms with Crippen LogP contribution in [0.2, 0.25) is 5.02 Å². The van der Waals surface area contributed by atoms with Crippen molar-refractivity contribution in [1.82, 2.24) is 20.2 Å². The molecule has 0 bridgehead atoms. The molecule has 2 rings (SSSR count). The minimum Gasteiger partial charge on any atom is -0.295 e. The van der Waals surface area contributed by atoms with E-state index >= 15 is 0 Å². The third-order valence-electron chi connectivity index (χ3n) is 2.55. The minimum atomic E-state index is -0.407. The van der Waals surface area contributed by atoms with Gasteiger partial charge in [0, 0.05) is 6.42 Å². The Kier molecular flexibility index (Phi) is 5.89. The lowest BCUT2D eigenvalue weighted by molar-refractivity contribution is 0.102. The van der Waals surface area contributed by atoms with Gasteiger partial charge in [-0.05, 0) is 12.7 Å². The first kappa shape index (κ1) is 16.1. The van der Waals surface area contributed by atoms with E-state index < -0.39 is 5.91 Å². The molecule has 0 fully saturated rings. The van der Waals surface area contributed by atoms with E-state index in [9.17, 15) is 4.79 Å². The Morgan fingerprint density at radius 3 is 3.00 bits per heavy atom. The van der Waals surface area contributed by atoms with E-state index in [-0.39, 0.29) is 10.7 Å². The first-order chi connectivity index (χ1) is 10.1. The van der Waals surface area contributed by atoms with Crippen LogP contribution in [0.15, 0.2) is 11.4 Å². The maximum atomic E-state index is 12.2. The van der Waals surface area contributed by atoms with E-state index in [1.54, 1.807) is 0 Å². The molecule has 112 valence electrons. The number of hydrogen-bond acceptors (Lipinski definition) is 7. The van der Waals surface area contributed by atoms with E-state index in [1.807, 2.05) is 6.26 Å². The van der Waals surface area contributed by atoms with Gasteiger partial charge in [-0.25, -0.2) is 9.97 Å². The van der Waals surface area contributed by atoms with Crippen LogP contribution in [0.25, 0.3) is 0 Å². The van der Waals surface area contributed by atoms with Gasteiger partial charge in [0.1, 0.15) is 5.01 Å². The number of aromatic nitrogens is 4. The van der Waals surface area contributed by atoms with E-state index in [1.165, 1.54) is 29.3 Å². The monoisotopic (exact) mass is 343 g/mol. The minimum absolute atomic E-state index is 0.140. The molecule has 0 radical (unpaired) electrons. The third kappa shape index (κ3) is 4.36. The van der Waals surface area contributed by atoms with Gasteiger partial charge in [-0.3, -0.25) is 10.1 Å². The number of aryl methyl sites for hydroxylation is 1. The van der Waals surface area contributed by atoms with Crippen LogP contribution in [0.4, 0.5) is 5.13 Å². The summed E-state index contributed by atoms with van der Waals surface area (Å²) in [6.07, 6.45) is 6.26. The predicted octanol–water partition coefficient (Wildman–Crippen LogP) is 3.30. The summed E-state index contributed by atoms with van der Waals surface area (Å²) in [5, 5.41) is 12.7. The summed E-state index contributed by atoms with van der Waals surface area (Å²) >= 11 is 8.67. The number of thioether (sulfide) groups is 1. The number of halogens is 1. The smallest absolute Gasteiger partial charge is 0.277 e. The lowest BCUT2D eigenvalue weighted by Crippen LogP contribution is -2.15. The zero-order chi connectivity index (χ0) is 15.2. The Bertz CT molecular complexity index is 634. The van der Waals surface area contributed by atoms with E-state index in [4.69, 9.17) is 11.6 Å². The highest BCUT2D eigenvalue weighted by Crippen LogP contribution is 2.20. The second-order valence-electron chi connectivity index (χ2n) is 4.11. The number of rotatable bonds is 6. The predicted molar refractivity (Wildman–Crippen MR) is 85.3 cm³/mol. The summed E-state index contributed by atoms with van der Waals surface area (Å²) in [4.78, 5) is 20.3. The molecule has 9 heteroatoms. The molecule has 6 nitrogen and oxygen atoms in total.